The zero-order chi connectivity index (χ0) is 6.78. The van der Waals surface area contributed by atoms with Crippen LogP contribution in [-0.2, 0) is 9.40 Å². The Morgan fingerprint density at radius 1 is 1.88 bits per heavy atom. The SMILES string of the molecule is CON(C)P(=O)(O)Cl. The first-order valence-corrected chi connectivity index (χ1v) is 4.31. The molecule has 0 heterocycles. The second-order valence-corrected chi connectivity index (χ2v) is 3.95. The molecule has 0 aromatic carbocycles. The summed E-state index contributed by atoms with van der Waals surface area (Å²) < 4.78 is 10.3. The van der Waals surface area contributed by atoms with Crippen LogP contribution in [0.2, 0.25) is 0 Å². The molecule has 50 valence electrons. The Morgan fingerprint density at radius 2 is 2.25 bits per heavy atom. The minimum Gasteiger partial charge on any atom is -0.320 e. The predicted molar refractivity (Wildman–Crippen MR) is 30.5 cm³/mol. The molecule has 8 heavy (non-hydrogen) atoms. The van der Waals surface area contributed by atoms with Gasteiger partial charge in [-0.1, -0.05) is 0 Å². The average Bonchev–Trinajstić information content (AvgIpc) is 1.62. The summed E-state index contributed by atoms with van der Waals surface area (Å²) in [7, 11) is 2.53. The van der Waals surface area contributed by atoms with Crippen LogP contribution in [0.25, 0.3) is 0 Å². The summed E-state index contributed by atoms with van der Waals surface area (Å²) in [5, 5.41) is 0. The predicted octanol–water partition coefficient (Wildman–Crippen LogP) is 0.819. The summed E-state index contributed by atoms with van der Waals surface area (Å²) in [6.07, 6.45) is 0. The molecule has 0 saturated heterocycles. The van der Waals surface area contributed by atoms with E-state index < -0.39 is 6.87 Å². The fourth-order valence-corrected chi connectivity index (χ4v) is 0.487. The smallest absolute Gasteiger partial charge is 0.320 e. The van der Waals surface area contributed by atoms with Crippen LogP contribution >= 0.6 is 18.1 Å². The lowest BCUT2D eigenvalue weighted by Crippen LogP contribution is -2.08. The zero-order valence-corrected chi connectivity index (χ0v) is 6.19. The highest BCUT2D eigenvalue weighted by atomic mass is 35.7. The van der Waals surface area contributed by atoms with Gasteiger partial charge in [0.15, 0.2) is 0 Å². The van der Waals surface area contributed by atoms with E-state index in [1.54, 1.807) is 0 Å². The van der Waals surface area contributed by atoms with Crippen molar-refractivity contribution in [3.63, 3.8) is 0 Å². The molecule has 1 N–H and O–H groups in total. The van der Waals surface area contributed by atoms with Gasteiger partial charge >= 0.3 is 6.87 Å². The maximum absolute atomic E-state index is 10.3. The van der Waals surface area contributed by atoms with Gasteiger partial charge in [0, 0.05) is 7.05 Å². The van der Waals surface area contributed by atoms with E-state index in [2.05, 4.69) is 4.84 Å². The average molecular weight is 160 g/mol. The standard InChI is InChI=1S/C2H7ClNO3P/c1-4(7-2)8(3,5)6/h1-2H3,(H,5,6). The van der Waals surface area contributed by atoms with E-state index >= 15 is 0 Å². The molecule has 0 radical (unpaired) electrons. The zero-order valence-electron chi connectivity index (χ0n) is 4.54. The summed E-state index contributed by atoms with van der Waals surface area (Å²) in [6.45, 7) is -3.67. The fraction of sp³-hybridized carbons (Fsp3) is 1.00. The van der Waals surface area contributed by atoms with Crippen molar-refractivity contribution in [3.05, 3.63) is 0 Å². The van der Waals surface area contributed by atoms with E-state index in [0.29, 0.717) is 4.83 Å². The molecule has 0 aliphatic carbocycles. The van der Waals surface area contributed by atoms with E-state index in [9.17, 15) is 4.57 Å². The summed E-state index contributed by atoms with van der Waals surface area (Å²) in [5.74, 6) is 0. The molecule has 4 nitrogen and oxygen atoms in total. The molecule has 0 rings (SSSR count). The highest BCUT2D eigenvalue weighted by molar-refractivity contribution is 7.82. The van der Waals surface area contributed by atoms with E-state index in [0.717, 1.165) is 0 Å². The van der Waals surface area contributed by atoms with Gasteiger partial charge in [-0.2, -0.15) is 0 Å². The molecule has 0 saturated carbocycles. The van der Waals surface area contributed by atoms with Crippen molar-refractivity contribution in [1.29, 1.82) is 0 Å². The van der Waals surface area contributed by atoms with Crippen molar-refractivity contribution in [2.75, 3.05) is 14.2 Å². The van der Waals surface area contributed by atoms with Gasteiger partial charge in [-0.05, 0) is 11.2 Å². The summed E-state index contributed by atoms with van der Waals surface area (Å²) in [4.78, 5) is 13.4. The van der Waals surface area contributed by atoms with Crippen LogP contribution in [-0.4, -0.2) is 23.9 Å². The molecular weight excluding hydrogens is 152 g/mol. The molecule has 0 amide bonds. The maximum Gasteiger partial charge on any atom is 0.383 e. The van der Waals surface area contributed by atoms with Gasteiger partial charge in [0.05, 0.1) is 7.11 Å². The van der Waals surface area contributed by atoms with Crippen LogP contribution in [0.3, 0.4) is 0 Å². The quantitative estimate of drug-likeness (QED) is 0.479. The third-order valence-corrected chi connectivity index (χ3v) is 2.11. The normalized spacial score (nSPS) is 18.6. The second kappa shape index (κ2) is 2.80. The van der Waals surface area contributed by atoms with E-state index in [-0.39, 0.29) is 0 Å². The van der Waals surface area contributed by atoms with Gasteiger partial charge in [0.1, 0.15) is 0 Å². The van der Waals surface area contributed by atoms with Crippen molar-refractivity contribution in [3.8, 4) is 0 Å². The van der Waals surface area contributed by atoms with Gasteiger partial charge in [0.2, 0.25) is 0 Å². The molecule has 1 unspecified atom stereocenters. The number of rotatable bonds is 2. The van der Waals surface area contributed by atoms with Crippen LogP contribution in [0.4, 0.5) is 0 Å². The molecule has 0 aromatic rings. The Hall–Kier alpha value is 0.400. The van der Waals surface area contributed by atoms with Crippen molar-refractivity contribution in [2.45, 2.75) is 0 Å². The lowest BCUT2D eigenvalue weighted by molar-refractivity contribution is -0.0347. The number of hydrogen-bond donors (Lipinski definition) is 1. The first-order chi connectivity index (χ1) is 3.48. The lowest BCUT2D eigenvalue weighted by Gasteiger charge is -2.12. The lowest BCUT2D eigenvalue weighted by atomic mass is 11.5. The largest absolute Gasteiger partial charge is 0.383 e. The Balaban J connectivity index is 3.82. The summed E-state index contributed by atoms with van der Waals surface area (Å²) >= 11 is 4.90. The van der Waals surface area contributed by atoms with Crippen LogP contribution in [0, 0.1) is 0 Å². The number of nitrogens with zero attached hydrogens (tertiary/aromatic N) is 1. The van der Waals surface area contributed by atoms with Crippen molar-refractivity contribution < 1.29 is 14.3 Å². The Bertz CT molecular complexity index is 112. The van der Waals surface area contributed by atoms with E-state index in [4.69, 9.17) is 16.1 Å². The van der Waals surface area contributed by atoms with Crippen molar-refractivity contribution in [2.24, 2.45) is 0 Å². The molecule has 0 aliphatic rings. The molecular formula is C2H7ClNO3P. The minimum absolute atomic E-state index is 0.689. The van der Waals surface area contributed by atoms with Crippen LogP contribution in [0.5, 0.6) is 0 Å². The van der Waals surface area contributed by atoms with Gasteiger partial charge in [-0.25, -0.2) is 0 Å². The fourth-order valence-electron chi connectivity index (χ4n) is 0.101. The molecule has 0 fully saturated rings. The van der Waals surface area contributed by atoms with Gasteiger partial charge < -0.3 is 4.89 Å². The summed E-state index contributed by atoms with van der Waals surface area (Å²) in [6, 6.07) is 0. The highest BCUT2D eigenvalue weighted by Crippen LogP contribution is 2.48. The molecule has 6 heteroatoms. The topological polar surface area (TPSA) is 49.8 Å². The number of hydroxylamine groups is 1. The molecule has 0 aromatic heterocycles. The van der Waals surface area contributed by atoms with Crippen LogP contribution < -0.4 is 0 Å². The van der Waals surface area contributed by atoms with Crippen molar-refractivity contribution in [1.82, 2.24) is 4.83 Å². The van der Waals surface area contributed by atoms with Gasteiger partial charge in [-0.3, -0.25) is 9.40 Å². The van der Waals surface area contributed by atoms with Gasteiger partial charge in [-0.15, -0.1) is 4.83 Å². The Labute approximate surface area is 52.3 Å². The molecule has 0 spiro atoms. The van der Waals surface area contributed by atoms with E-state index in [1.807, 2.05) is 0 Å². The Morgan fingerprint density at radius 3 is 2.25 bits per heavy atom. The second-order valence-electron chi connectivity index (χ2n) is 1.12. The summed E-state index contributed by atoms with van der Waals surface area (Å²) in [5.41, 5.74) is 0. The molecule has 0 aliphatic heterocycles. The molecule has 0 bridgehead atoms. The monoisotopic (exact) mass is 159 g/mol. The third kappa shape index (κ3) is 2.64. The van der Waals surface area contributed by atoms with Crippen molar-refractivity contribution >= 4 is 18.1 Å². The number of halogens is 1. The maximum atomic E-state index is 10.3. The highest BCUT2D eigenvalue weighted by Gasteiger charge is 2.19. The third-order valence-electron chi connectivity index (χ3n) is 0.612. The number of hydrogen-bond acceptors (Lipinski definition) is 2. The minimum atomic E-state index is -3.67. The van der Waals surface area contributed by atoms with Crippen LogP contribution in [0.1, 0.15) is 0 Å². The Kier molecular flexibility index (Phi) is 2.94. The molecule has 1 atom stereocenters. The first-order valence-electron chi connectivity index (χ1n) is 1.79. The van der Waals surface area contributed by atoms with E-state index in [1.165, 1.54) is 14.2 Å². The van der Waals surface area contributed by atoms with Crippen LogP contribution in [0.15, 0.2) is 0 Å². The first kappa shape index (κ1) is 8.40. The van der Waals surface area contributed by atoms with Gasteiger partial charge in [0.25, 0.3) is 0 Å².